The van der Waals surface area contributed by atoms with Crippen LogP contribution in [0.4, 0.5) is 0 Å². The van der Waals surface area contributed by atoms with Crippen LogP contribution in [0, 0.1) is 0 Å². The Kier molecular flexibility index (Phi) is 4.70. The van der Waals surface area contributed by atoms with Gasteiger partial charge in [0.1, 0.15) is 0 Å². The van der Waals surface area contributed by atoms with Gasteiger partial charge in [0.2, 0.25) is 0 Å². The van der Waals surface area contributed by atoms with Crippen molar-refractivity contribution in [3.05, 3.63) is 94.5 Å². The van der Waals surface area contributed by atoms with Gasteiger partial charge in [0, 0.05) is 24.1 Å². The molecule has 1 amide bonds. The van der Waals surface area contributed by atoms with Crippen molar-refractivity contribution in [3.63, 3.8) is 0 Å². The third kappa shape index (κ3) is 2.95. The average Bonchev–Trinajstić information content (AvgIpc) is 2.80. The maximum absolute atomic E-state index is 13.5. The first-order chi connectivity index (χ1) is 14.7. The second-order valence-electron chi connectivity index (χ2n) is 8.00. The van der Waals surface area contributed by atoms with Crippen molar-refractivity contribution < 1.29 is 14.3 Å². The van der Waals surface area contributed by atoms with Crippen molar-refractivity contribution >= 4 is 5.91 Å². The molecular formula is C26H25NO3. The van der Waals surface area contributed by atoms with Crippen molar-refractivity contribution in [2.24, 2.45) is 0 Å². The zero-order valence-electron chi connectivity index (χ0n) is 17.3. The number of rotatable bonds is 4. The highest BCUT2D eigenvalue weighted by Gasteiger charge is 2.43. The summed E-state index contributed by atoms with van der Waals surface area (Å²) in [6.07, 6.45) is 1.84. The molecule has 1 aliphatic carbocycles. The van der Waals surface area contributed by atoms with Gasteiger partial charge < -0.3 is 14.4 Å². The minimum absolute atomic E-state index is 0.123. The first kappa shape index (κ1) is 18.7. The van der Waals surface area contributed by atoms with Crippen LogP contribution in [0.2, 0.25) is 0 Å². The number of aryl methyl sites for hydroxylation is 1. The molecule has 0 fully saturated rings. The number of ether oxygens (including phenoxy) is 2. The highest BCUT2D eigenvalue weighted by Crippen LogP contribution is 2.47. The van der Waals surface area contributed by atoms with E-state index < -0.39 is 0 Å². The molecule has 1 heterocycles. The lowest BCUT2D eigenvalue weighted by atomic mass is 9.71. The molecule has 2 atom stereocenters. The third-order valence-electron chi connectivity index (χ3n) is 6.46. The number of fused-ring (bicyclic) bond motifs is 5. The first-order valence-electron chi connectivity index (χ1n) is 10.4. The van der Waals surface area contributed by atoms with Crippen molar-refractivity contribution in [2.45, 2.75) is 31.3 Å². The van der Waals surface area contributed by atoms with Crippen LogP contribution in [0.3, 0.4) is 0 Å². The van der Waals surface area contributed by atoms with E-state index in [0.29, 0.717) is 6.54 Å². The van der Waals surface area contributed by atoms with Crippen LogP contribution in [0.1, 0.15) is 45.0 Å². The van der Waals surface area contributed by atoms with Crippen LogP contribution in [-0.4, -0.2) is 31.1 Å². The molecule has 0 bridgehead atoms. The summed E-state index contributed by atoms with van der Waals surface area (Å²) >= 11 is 0. The Morgan fingerprint density at radius 3 is 2.37 bits per heavy atom. The largest absolute Gasteiger partial charge is 0.493 e. The van der Waals surface area contributed by atoms with Gasteiger partial charge >= 0.3 is 0 Å². The summed E-state index contributed by atoms with van der Waals surface area (Å²) in [6, 6.07) is 22.6. The molecule has 30 heavy (non-hydrogen) atoms. The van der Waals surface area contributed by atoms with Gasteiger partial charge in [0.05, 0.1) is 14.2 Å². The van der Waals surface area contributed by atoms with Crippen molar-refractivity contribution in [3.8, 4) is 11.5 Å². The van der Waals surface area contributed by atoms with Gasteiger partial charge in [0.25, 0.3) is 5.91 Å². The molecule has 4 heteroatoms. The van der Waals surface area contributed by atoms with Crippen LogP contribution >= 0.6 is 0 Å². The number of carbonyl (C=O) groups is 1. The Morgan fingerprint density at radius 1 is 0.900 bits per heavy atom. The summed E-state index contributed by atoms with van der Waals surface area (Å²) in [5.41, 5.74) is 5.59. The molecule has 0 saturated heterocycles. The Bertz CT molecular complexity index is 1090. The molecule has 0 spiro atoms. The summed E-state index contributed by atoms with van der Waals surface area (Å²) in [5.74, 6) is 1.75. The van der Waals surface area contributed by atoms with Gasteiger partial charge in [-0.15, -0.1) is 0 Å². The van der Waals surface area contributed by atoms with Crippen molar-refractivity contribution in [1.82, 2.24) is 4.90 Å². The van der Waals surface area contributed by atoms with Crippen LogP contribution < -0.4 is 9.47 Å². The zero-order chi connectivity index (χ0) is 20.7. The first-order valence-corrected chi connectivity index (χ1v) is 10.4. The SMILES string of the molecule is COc1cc2c(cc1OC)[C@H]1c3ccccc3C(=O)N(Cc3ccccc3)[C@@H]1CC2. The fourth-order valence-electron chi connectivity index (χ4n) is 5.07. The van der Waals surface area contributed by atoms with Crippen molar-refractivity contribution in [2.75, 3.05) is 14.2 Å². The molecule has 0 aromatic heterocycles. The van der Waals surface area contributed by atoms with E-state index in [-0.39, 0.29) is 17.9 Å². The monoisotopic (exact) mass is 399 g/mol. The molecule has 3 aromatic rings. The van der Waals surface area contributed by atoms with E-state index in [9.17, 15) is 4.79 Å². The second-order valence-corrected chi connectivity index (χ2v) is 8.00. The number of nitrogens with zero attached hydrogens (tertiary/aromatic N) is 1. The highest BCUT2D eigenvalue weighted by atomic mass is 16.5. The topological polar surface area (TPSA) is 38.8 Å². The zero-order valence-corrected chi connectivity index (χ0v) is 17.3. The van der Waals surface area contributed by atoms with Gasteiger partial charge in [-0.2, -0.15) is 0 Å². The lowest BCUT2D eigenvalue weighted by Gasteiger charge is -2.45. The summed E-state index contributed by atoms with van der Waals surface area (Å²) < 4.78 is 11.1. The molecule has 1 aliphatic heterocycles. The maximum atomic E-state index is 13.5. The lowest BCUT2D eigenvalue weighted by molar-refractivity contribution is 0.0586. The Balaban J connectivity index is 1.65. The van der Waals surface area contributed by atoms with E-state index in [1.165, 1.54) is 11.1 Å². The summed E-state index contributed by atoms with van der Waals surface area (Å²) in [6.45, 7) is 0.623. The molecule has 3 aromatic carbocycles. The molecule has 4 nitrogen and oxygen atoms in total. The normalized spacial score (nSPS) is 19.5. The lowest BCUT2D eigenvalue weighted by Crippen LogP contribution is -2.49. The van der Waals surface area contributed by atoms with Gasteiger partial charge in [-0.1, -0.05) is 48.5 Å². The summed E-state index contributed by atoms with van der Waals surface area (Å²) in [4.78, 5) is 15.6. The van der Waals surface area contributed by atoms with E-state index in [0.717, 1.165) is 41.0 Å². The van der Waals surface area contributed by atoms with Crippen LogP contribution in [0.5, 0.6) is 11.5 Å². The number of benzene rings is 3. The maximum Gasteiger partial charge on any atom is 0.254 e. The minimum Gasteiger partial charge on any atom is -0.493 e. The third-order valence-corrected chi connectivity index (χ3v) is 6.46. The van der Waals surface area contributed by atoms with Crippen molar-refractivity contribution in [1.29, 1.82) is 0 Å². The standard InChI is InChI=1S/C26H25NO3/c1-29-23-14-18-12-13-22-25(21(18)15-24(23)30-2)19-10-6-7-11-20(19)26(28)27(22)16-17-8-4-3-5-9-17/h3-11,14-15,22,25H,12-13,16H2,1-2H3/t22-,25-/m1/s1. The quantitative estimate of drug-likeness (QED) is 0.632. The number of amides is 1. The van der Waals surface area contributed by atoms with Crippen LogP contribution in [0.25, 0.3) is 0 Å². The van der Waals surface area contributed by atoms with Gasteiger partial charge in [0.15, 0.2) is 11.5 Å². The van der Waals surface area contributed by atoms with E-state index in [1.807, 2.05) is 36.4 Å². The molecule has 0 unspecified atom stereocenters. The molecule has 2 aliphatic rings. The van der Waals surface area contributed by atoms with E-state index >= 15 is 0 Å². The molecular weight excluding hydrogens is 374 g/mol. The summed E-state index contributed by atoms with van der Waals surface area (Å²) in [5, 5.41) is 0. The van der Waals surface area contributed by atoms with Crippen LogP contribution in [-0.2, 0) is 13.0 Å². The van der Waals surface area contributed by atoms with E-state index in [1.54, 1.807) is 14.2 Å². The molecule has 0 radical (unpaired) electrons. The predicted octanol–water partition coefficient (Wildman–Crippen LogP) is 4.81. The smallest absolute Gasteiger partial charge is 0.254 e. The fraction of sp³-hybridized carbons (Fsp3) is 0.269. The molecule has 0 N–H and O–H groups in total. The van der Waals surface area contributed by atoms with Gasteiger partial charge in [-0.25, -0.2) is 0 Å². The average molecular weight is 399 g/mol. The molecule has 5 rings (SSSR count). The highest BCUT2D eigenvalue weighted by molar-refractivity contribution is 5.98. The number of hydrogen-bond acceptors (Lipinski definition) is 3. The fourth-order valence-corrected chi connectivity index (χ4v) is 5.07. The number of hydrogen-bond donors (Lipinski definition) is 0. The molecule has 0 saturated carbocycles. The predicted molar refractivity (Wildman–Crippen MR) is 116 cm³/mol. The van der Waals surface area contributed by atoms with E-state index in [2.05, 4.69) is 35.2 Å². The second kappa shape index (κ2) is 7.52. The number of methoxy groups -OCH3 is 2. The van der Waals surface area contributed by atoms with Gasteiger partial charge in [-0.3, -0.25) is 4.79 Å². The summed E-state index contributed by atoms with van der Waals surface area (Å²) in [7, 11) is 3.34. The Morgan fingerprint density at radius 2 is 1.60 bits per heavy atom. The Labute approximate surface area is 177 Å². The minimum atomic E-state index is 0.123. The van der Waals surface area contributed by atoms with E-state index in [4.69, 9.17) is 9.47 Å². The number of carbonyl (C=O) groups excluding carboxylic acids is 1. The van der Waals surface area contributed by atoms with Gasteiger partial charge in [-0.05, 0) is 53.3 Å². The molecule has 152 valence electrons. The Hall–Kier alpha value is -3.27. The van der Waals surface area contributed by atoms with Crippen LogP contribution in [0.15, 0.2) is 66.7 Å².